The van der Waals surface area contributed by atoms with Gasteiger partial charge >= 0.3 is 0 Å². The summed E-state index contributed by atoms with van der Waals surface area (Å²) in [5, 5.41) is 0. The second-order valence-electron chi connectivity index (χ2n) is 7.89. The number of aryl methyl sites for hydroxylation is 1. The van der Waals surface area contributed by atoms with Crippen LogP contribution in [0.1, 0.15) is 5.69 Å². The van der Waals surface area contributed by atoms with Gasteiger partial charge < -0.3 is 4.98 Å². The van der Waals surface area contributed by atoms with E-state index in [1.807, 2.05) is 73.7 Å². The number of rotatable bonds is 3. The summed E-state index contributed by atoms with van der Waals surface area (Å²) in [6, 6.07) is 33.1. The van der Waals surface area contributed by atoms with Crippen LogP contribution in [0.15, 0.2) is 97.3 Å². The first-order chi connectivity index (χ1) is 17.6. The Labute approximate surface area is 231 Å². The molecule has 3 aromatic heterocycles. The fourth-order valence-electron chi connectivity index (χ4n) is 3.65. The standard InChI is InChI=1S/C18H9F2N2S.C12H10N.Ir/c19-12-6-7-13(14(20)8-12)16-9-15-18(23-16)17(22-10-21-15)11-4-2-1-3-5-11;1-10-6-5-9-12(13-10)11-7-3-2-4-8-11;/h1-4,6-10H;2-7,9H,1H3;/q2*-1;. The molecule has 3 nitrogen and oxygen atoms in total. The van der Waals surface area contributed by atoms with Gasteiger partial charge in [0.15, 0.2) is 0 Å². The Morgan fingerprint density at radius 2 is 1.54 bits per heavy atom. The third kappa shape index (κ3) is 6.20. The monoisotopic (exact) mass is 684 g/mol. The van der Waals surface area contributed by atoms with Crippen LogP contribution in [0.5, 0.6) is 0 Å². The molecule has 0 aliphatic heterocycles. The molecule has 0 aliphatic carbocycles. The van der Waals surface area contributed by atoms with Crippen LogP contribution in [-0.2, 0) is 20.1 Å². The quantitative estimate of drug-likeness (QED) is 0.178. The number of halogens is 2. The van der Waals surface area contributed by atoms with Crippen molar-refractivity contribution in [1.82, 2.24) is 15.0 Å². The number of aromatic nitrogens is 3. The Kier molecular flexibility index (Phi) is 8.62. The number of nitrogens with zero attached hydrogens (tertiary/aromatic N) is 3. The minimum Gasteiger partial charge on any atom is -0.302 e. The maximum absolute atomic E-state index is 14.0. The zero-order chi connectivity index (χ0) is 24.9. The van der Waals surface area contributed by atoms with Gasteiger partial charge in [-0.3, -0.25) is 4.98 Å². The fourth-order valence-corrected chi connectivity index (χ4v) is 4.80. The predicted molar refractivity (Wildman–Crippen MR) is 140 cm³/mol. The summed E-state index contributed by atoms with van der Waals surface area (Å²) in [6.07, 6.45) is 1.48. The minimum absolute atomic E-state index is 0. The van der Waals surface area contributed by atoms with E-state index in [9.17, 15) is 8.78 Å². The van der Waals surface area contributed by atoms with Gasteiger partial charge in [0.2, 0.25) is 0 Å². The first-order valence-electron chi connectivity index (χ1n) is 11.2. The first kappa shape index (κ1) is 26.4. The van der Waals surface area contributed by atoms with Gasteiger partial charge in [-0.15, -0.1) is 83.1 Å². The van der Waals surface area contributed by atoms with Crippen molar-refractivity contribution in [1.29, 1.82) is 0 Å². The van der Waals surface area contributed by atoms with E-state index in [1.165, 1.54) is 29.8 Å². The molecule has 1 radical (unpaired) electrons. The van der Waals surface area contributed by atoms with Crippen LogP contribution in [0.4, 0.5) is 8.78 Å². The van der Waals surface area contributed by atoms with Crippen molar-refractivity contribution in [2.75, 3.05) is 0 Å². The Balaban J connectivity index is 0.000000195. The van der Waals surface area contributed by atoms with Gasteiger partial charge in [0.05, 0.1) is 5.52 Å². The van der Waals surface area contributed by atoms with Crippen molar-refractivity contribution in [3.63, 3.8) is 0 Å². The molecular weight excluding hydrogens is 665 g/mol. The van der Waals surface area contributed by atoms with Crippen molar-refractivity contribution in [2.45, 2.75) is 6.92 Å². The molecule has 0 atom stereocenters. The van der Waals surface area contributed by atoms with E-state index >= 15 is 0 Å². The second-order valence-corrected chi connectivity index (χ2v) is 8.94. The molecule has 0 aliphatic rings. The summed E-state index contributed by atoms with van der Waals surface area (Å²) in [7, 11) is 0. The number of thiophene rings is 1. The van der Waals surface area contributed by atoms with Gasteiger partial charge in [0.25, 0.3) is 0 Å². The zero-order valence-electron chi connectivity index (χ0n) is 19.6. The summed E-state index contributed by atoms with van der Waals surface area (Å²) in [4.78, 5) is 13.7. The third-order valence-corrected chi connectivity index (χ3v) is 6.51. The smallest absolute Gasteiger partial charge is 0.134 e. The first-order valence-corrected chi connectivity index (χ1v) is 12.0. The van der Waals surface area contributed by atoms with Crippen molar-refractivity contribution in [2.24, 2.45) is 0 Å². The molecule has 0 unspecified atom stereocenters. The second kappa shape index (κ2) is 12.1. The number of pyridine rings is 1. The Bertz CT molecular complexity index is 1620. The number of hydrogen-bond acceptors (Lipinski definition) is 4. The molecule has 0 bridgehead atoms. The van der Waals surface area contributed by atoms with Crippen LogP contribution >= 0.6 is 11.3 Å². The van der Waals surface area contributed by atoms with E-state index in [4.69, 9.17) is 0 Å². The summed E-state index contributed by atoms with van der Waals surface area (Å²) in [5.74, 6) is -1.18. The van der Waals surface area contributed by atoms with E-state index in [0.29, 0.717) is 10.4 Å². The topological polar surface area (TPSA) is 38.7 Å². The summed E-state index contributed by atoms with van der Waals surface area (Å²) < 4.78 is 28.0. The Hall–Kier alpha value is -3.64. The fraction of sp³-hybridized carbons (Fsp3) is 0.0333. The van der Waals surface area contributed by atoms with Gasteiger partial charge in [0, 0.05) is 52.7 Å². The molecular formula is C30H19F2IrN3S-2. The zero-order valence-corrected chi connectivity index (χ0v) is 22.8. The maximum atomic E-state index is 14.0. The average molecular weight is 684 g/mol. The molecule has 7 heteroatoms. The molecule has 37 heavy (non-hydrogen) atoms. The molecule has 0 amide bonds. The Morgan fingerprint density at radius 1 is 0.784 bits per heavy atom. The van der Waals surface area contributed by atoms with Crippen LogP contribution in [0.3, 0.4) is 0 Å². The van der Waals surface area contributed by atoms with Crippen LogP contribution in [0.25, 0.3) is 43.2 Å². The molecule has 6 rings (SSSR count). The largest absolute Gasteiger partial charge is 0.302 e. The molecule has 3 aromatic carbocycles. The van der Waals surface area contributed by atoms with Crippen LogP contribution in [0, 0.1) is 30.7 Å². The van der Waals surface area contributed by atoms with E-state index in [2.05, 4.69) is 27.1 Å². The predicted octanol–water partition coefficient (Wildman–Crippen LogP) is 7.96. The van der Waals surface area contributed by atoms with E-state index in [1.54, 1.807) is 6.07 Å². The van der Waals surface area contributed by atoms with E-state index in [-0.39, 0.29) is 20.1 Å². The molecule has 0 spiro atoms. The van der Waals surface area contributed by atoms with Gasteiger partial charge in [-0.2, -0.15) is 0 Å². The molecule has 0 saturated heterocycles. The van der Waals surface area contributed by atoms with Crippen molar-refractivity contribution >= 4 is 21.6 Å². The molecule has 3 heterocycles. The van der Waals surface area contributed by atoms with Gasteiger partial charge in [0.1, 0.15) is 18.0 Å². The third-order valence-electron chi connectivity index (χ3n) is 5.35. The maximum Gasteiger partial charge on any atom is 0.134 e. The number of benzene rings is 3. The average Bonchev–Trinajstić information content (AvgIpc) is 3.34. The molecule has 185 valence electrons. The molecule has 0 fully saturated rings. The molecule has 0 N–H and O–H groups in total. The van der Waals surface area contributed by atoms with Crippen LogP contribution < -0.4 is 0 Å². The van der Waals surface area contributed by atoms with Crippen LogP contribution in [-0.4, -0.2) is 15.0 Å². The summed E-state index contributed by atoms with van der Waals surface area (Å²) in [6.45, 7) is 1.99. The molecule has 0 saturated carbocycles. The summed E-state index contributed by atoms with van der Waals surface area (Å²) >= 11 is 1.38. The SMILES string of the molecule is Cc1cccc(-c2[c-]cccc2)n1.Fc1ccc(-c2cc3ncnc(-c4[c-]cccc4)c3s2)c(F)c1.[Ir]. The van der Waals surface area contributed by atoms with Crippen LogP contribution in [0.2, 0.25) is 0 Å². The number of hydrogen-bond donors (Lipinski definition) is 0. The van der Waals surface area contributed by atoms with E-state index in [0.717, 1.165) is 44.5 Å². The Morgan fingerprint density at radius 3 is 2.22 bits per heavy atom. The van der Waals surface area contributed by atoms with Gasteiger partial charge in [-0.25, -0.2) is 13.8 Å². The normalized spacial score (nSPS) is 10.4. The van der Waals surface area contributed by atoms with Crippen molar-refractivity contribution in [3.8, 4) is 33.0 Å². The van der Waals surface area contributed by atoms with Gasteiger partial charge in [-0.05, 0) is 36.9 Å². The minimum atomic E-state index is -0.591. The molecule has 6 aromatic rings. The van der Waals surface area contributed by atoms with Gasteiger partial charge in [-0.1, -0.05) is 12.1 Å². The van der Waals surface area contributed by atoms with Crippen molar-refractivity contribution in [3.05, 3.63) is 127 Å². The van der Waals surface area contributed by atoms with E-state index < -0.39 is 11.6 Å². The van der Waals surface area contributed by atoms with Crippen molar-refractivity contribution < 1.29 is 28.9 Å². The number of fused-ring (bicyclic) bond motifs is 1. The summed E-state index contributed by atoms with van der Waals surface area (Å²) in [5.41, 5.74) is 5.78.